The van der Waals surface area contributed by atoms with Crippen molar-refractivity contribution in [2.24, 2.45) is 0 Å². The maximum Gasteiger partial charge on any atom is 0.340 e. The number of aromatic amines is 1. The number of rotatable bonds is 16. The number of nitrogens with zero attached hydrogens (tertiary/aromatic N) is 2. The molecule has 0 spiro atoms. The van der Waals surface area contributed by atoms with E-state index in [-0.39, 0.29) is 47.0 Å². The quantitative estimate of drug-likeness (QED) is 0.123. The van der Waals surface area contributed by atoms with Crippen molar-refractivity contribution in [2.45, 2.75) is 70.1 Å². The van der Waals surface area contributed by atoms with E-state index in [1.165, 1.54) is 13.2 Å². The Morgan fingerprint density at radius 3 is 2.09 bits per heavy atom. The van der Waals surface area contributed by atoms with Crippen molar-refractivity contribution >= 4 is 39.1 Å². The number of fused-ring (bicyclic) bond motifs is 1. The Morgan fingerprint density at radius 2 is 1.56 bits per heavy atom. The molecule has 3 aromatic rings. The number of esters is 1. The zero-order valence-electron chi connectivity index (χ0n) is 27.0. The molecule has 0 amide bonds. The van der Waals surface area contributed by atoms with Crippen molar-refractivity contribution in [3.05, 3.63) is 58.7 Å². The molecule has 2 aromatic carbocycles. The van der Waals surface area contributed by atoms with Gasteiger partial charge in [0.2, 0.25) is 18.7 Å². The first-order valence-corrected chi connectivity index (χ1v) is 22.1. The summed E-state index contributed by atoms with van der Waals surface area (Å²) < 4.78 is 48.1. The van der Waals surface area contributed by atoms with Crippen molar-refractivity contribution in [2.75, 3.05) is 46.3 Å². The summed E-state index contributed by atoms with van der Waals surface area (Å²) in [6.07, 6.45) is -3.96. The summed E-state index contributed by atoms with van der Waals surface area (Å²) in [5.74, 6) is -0.390. The number of anilines is 1. The number of aromatic nitrogens is 2. The van der Waals surface area contributed by atoms with Gasteiger partial charge in [-0.15, -0.1) is 0 Å². The Hall–Kier alpha value is -2.65. The second kappa shape index (κ2) is 14.9. The number of methoxy groups -OCH3 is 1. The highest BCUT2D eigenvalue weighted by Crippen LogP contribution is 2.38. The van der Waals surface area contributed by atoms with Gasteiger partial charge in [-0.2, -0.15) is 0 Å². The number of ether oxygens (including phenoxy) is 3. The van der Waals surface area contributed by atoms with Gasteiger partial charge in [-0.1, -0.05) is 69.6 Å². The Balaban J connectivity index is 2.06. The fraction of sp³-hybridized carbons (Fsp3) is 0.548. The lowest BCUT2D eigenvalue weighted by Gasteiger charge is -2.25. The van der Waals surface area contributed by atoms with Gasteiger partial charge in [0.05, 0.1) is 24.2 Å². The molecule has 0 saturated carbocycles. The van der Waals surface area contributed by atoms with E-state index in [0.717, 1.165) is 17.7 Å². The lowest BCUT2D eigenvalue weighted by atomic mass is 10.0. The van der Waals surface area contributed by atoms with Crippen LogP contribution in [0.3, 0.4) is 0 Å². The van der Waals surface area contributed by atoms with Crippen molar-refractivity contribution in [1.29, 1.82) is 0 Å². The van der Waals surface area contributed by atoms with Gasteiger partial charge in [0.15, 0.2) is 0 Å². The number of carbonyl (C=O) groups is 1. The van der Waals surface area contributed by atoms with E-state index in [9.17, 15) is 4.79 Å². The SMILES string of the molecule is COC(=O)c1cc(C(F)OCC[Si](C)(C)C)c(C(F)OCC[Si](C)(C)C)c2nc(NCC(c3ccccc3)N(C)C)[nH]c12. The molecule has 3 atom stereocenters. The normalized spacial score (nSPS) is 14.6. The van der Waals surface area contributed by atoms with E-state index < -0.39 is 34.8 Å². The first-order chi connectivity index (χ1) is 20.1. The minimum atomic E-state index is -1.98. The number of imidazole rings is 1. The van der Waals surface area contributed by atoms with Gasteiger partial charge >= 0.3 is 5.97 Å². The predicted octanol–water partition coefficient (Wildman–Crippen LogP) is 7.71. The molecule has 0 saturated heterocycles. The molecular formula is C31H48F2N4O4Si2. The summed E-state index contributed by atoms with van der Waals surface area (Å²) in [6.45, 7) is 13.8. The summed E-state index contributed by atoms with van der Waals surface area (Å²) in [5.41, 5.74) is 1.26. The van der Waals surface area contributed by atoms with Crippen LogP contribution in [0.15, 0.2) is 36.4 Å². The predicted molar refractivity (Wildman–Crippen MR) is 175 cm³/mol. The molecule has 12 heteroatoms. The maximum absolute atomic E-state index is 16.0. The average Bonchev–Trinajstić information content (AvgIpc) is 3.34. The molecule has 0 aliphatic rings. The van der Waals surface area contributed by atoms with Gasteiger partial charge in [0, 0.05) is 47.0 Å². The van der Waals surface area contributed by atoms with E-state index >= 15 is 8.78 Å². The van der Waals surface area contributed by atoms with Crippen LogP contribution in [0.25, 0.3) is 11.0 Å². The molecule has 238 valence electrons. The summed E-state index contributed by atoms with van der Waals surface area (Å²) in [4.78, 5) is 22.7. The summed E-state index contributed by atoms with van der Waals surface area (Å²) >= 11 is 0. The molecule has 0 fully saturated rings. The Kier molecular flexibility index (Phi) is 12.1. The van der Waals surface area contributed by atoms with E-state index in [1.54, 1.807) is 0 Å². The van der Waals surface area contributed by atoms with Crippen LogP contribution in [0.1, 0.15) is 45.8 Å². The Bertz CT molecular complexity index is 1340. The number of H-pyrrole nitrogens is 1. The van der Waals surface area contributed by atoms with Crippen LogP contribution < -0.4 is 5.32 Å². The number of hydrogen-bond acceptors (Lipinski definition) is 7. The maximum atomic E-state index is 16.0. The number of hydrogen-bond donors (Lipinski definition) is 2. The summed E-state index contributed by atoms with van der Waals surface area (Å²) in [7, 11) is 2.17. The molecule has 0 aliphatic carbocycles. The van der Waals surface area contributed by atoms with Gasteiger partial charge in [-0.25, -0.2) is 18.6 Å². The molecule has 1 aromatic heterocycles. The fourth-order valence-corrected chi connectivity index (χ4v) is 6.02. The lowest BCUT2D eigenvalue weighted by molar-refractivity contribution is -0.0524. The highest BCUT2D eigenvalue weighted by Gasteiger charge is 2.31. The van der Waals surface area contributed by atoms with Gasteiger partial charge in [-0.05, 0) is 37.8 Å². The third-order valence-electron chi connectivity index (χ3n) is 7.22. The molecule has 0 aliphatic heterocycles. The van der Waals surface area contributed by atoms with Crippen LogP contribution in [0.4, 0.5) is 14.7 Å². The summed E-state index contributed by atoms with van der Waals surface area (Å²) in [6, 6.07) is 12.8. The van der Waals surface area contributed by atoms with Crippen LogP contribution in [0.5, 0.6) is 0 Å². The van der Waals surface area contributed by atoms with Crippen LogP contribution in [-0.2, 0) is 14.2 Å². The number of likely N-dealkylation sites (N-methyl/N-ethyl adjacent to an activating group) is 1. The zero-order valence-corrected chi connectivity index (χ0v) is 29.0. The fourth-order valence-electron chi connectivity index (χ4n) is 4.56. The Morgan fingerprint density at radius 1 is 0.977 bits per heavy atom. The lowest BCUT2D eigenvalue weighted by Crippen LogP contribution is -2.27. The van der Waals surface area contributed by atoms with E-state index in [4.69, 9.17) is 14.2 Å². The minimum Gasteiger partial charge on any atom is -0.465 e. The molecule has 8 nitrogen and oxygen atoms in total. The number of halogens is 2. The van der Waals surface area contributed by atoms with Gasteiger partial charge in [-0.3, -0.25) is 0 Å². The van der Waals surface area contributed by atoms with Crippen molar-refractivity contribution in [1.82, 2.24) is 14.9 Å². The minimum absolute atomic E-state index is 0.00154. The average molecular weight is 635 g/mol. The van der Waals surface area contributed by atoms with Gasteiger partial charge < -0.3 is 29.4 Å². The first-order valence-electron chi connectivity index (χ1n) is 14.7. The second-order valence-corrected chi connectivity index (χ2v) is 24.7. The third-order valence-corrected chi connectivity index (χ3v) is 10.6. The molecular weight excluding hydrogens is 587 g/mol. The van der Waals surface area contributed by atoms with E-state index in [0.29, 0.717) is 12.5 Å². The molecule has 3 rings (SSSR count). The zero-order chi connectivity index (χ0) is 31.9. The van der Waals surface area contributed by atoms with Crippen LogP contribution in [-0.4, -0.2) is 77.9 Å². The highest BCUT2D eigenvalue weighted by atomic mass is 28.3. The van der Waals surface area contributed by atoms with Crippen molar-refractivity contribution in [3.8, 4) is 0 Å². The molecule has 3 unspecified atom stereocenters. The number of benzene rings is 2. The number of carbonyl (C=O) groups excluding carboxylic acids is 1. The second-order valence-electron chi connectivity index (χ2n) is 13.5. The van der Waals surface area contributed by atoms with E-state index in [2.05, 4.69) is 59.5 Å². The van der Waals surface area contributed by atoms with Crippen LogP contribution >= 0.6 is 0 Å². The summed E-state index contributed by atoms with van der Waals surface area (Å²) in [5, 5.41) is 3.29. The van der Waals surface area contributed by atoms with Crippen LogP contribution in [0.2, 0.25) is 51.4 Å². The smallest absolute Gasteiger partial charge is 0.340 e. The number of nitrogens with one attached hydrogen (secondary N) is 2. The van der Waals surface area contributed by atoms with Crippen molar-refractivity contribution in [3.63, 3.8) is 0 Å². The monoisotopic (exact) mass is 634 g/mol. The largest absolute Gasteiger partial charge is 0.465 e. The highest BCUT2D eigenvalue weighted by molar-refractivity contribution is 6.76. The number of alkyl halides is 2. The first kappa shape index (κ1) is 34.8. The molecule has 2 N–H and O–H groups in total. The molecule has 0 radical (unpaired) electrons. The van der Waals surface area contributed by atoms with Crippen LogP contribution in [0, 0.1) is 0 Å². The van der Waals surface area contributed by atoms with Gasteiger partial charge in [0.25, 0.3) is 0 Å². The van der Waals surface area contributed by atoms with E-state index in [1.807, 2.05) is 44.4 Å². The Labute approximate surface area is 256 Å². The van der Waals surface area contributed by atoms with Gasteiger partial charge in [0.1, 0.15) is 5.52 Å². The topological polar surface area (TPSA) is 88.7 Å². The van der Waals surface area contributed by atoms with Crippen molar-refractivity contribution < 1.29 is 27.8 Å². The molecule has 0 bridgehead atoms. The standard InChI is InChI=1S/C31H48F2N4O4Si2/c1-37(2)24(21-13-11-10-12-14-21)20-34-31-35-26-23(30(38)39-3)19-22(28(32)40-15-17-42(4,5)6)25(27(26)36-31)29(33)41-16-18-43(7,8)9/h10-14,19,24,28-29H,15-18,20H2,1-9H3,(H2,34,35,36). The molecule has 43 heavy (non-hydrogen) atoms. The molecule has 1 heterocycles. The third kappa shape index (κ3) is 9.93.